The maximum atomic E-state index is 12.6. The van der Waals surface area contributed by atoms with E-state index < -0.39 is 0 Å². The van der Waals surface area contributed by atoms with Crippen LogP contribution in [0.2, 0.25) is 0 Å². The molecule has 1 atom stereocenters. The van der Waals surface area contributed by atoms with E-state index in [1.54, 1.807) is 0 Å². The Morgan fingerprint density at radius 1 is 1.15 bits per heavy atom. The van der Waals surface area contributed by atoms with Gasteiger partial charge in [0, 0.05) is 16.7 Å². The fraction of sp³-hybridized carbons (Fsp3) is 0.381. The summed E-state index contributed by atoms with van der Waals surface area (Å²) in [6.07, 6.45) is 0. The Morgan fingerprint density at radius 3 is 2.31 bits per heavy atom. The van der Waals surface area contributed by atoms with Crippen LogP contribution < -0.4 is 10.1 Å². The number of benzene rings is 2. The monoisotopic (exact) mass is 418 g/mol. The summed E-state index contributed by atoms with van der Waals surface area (Å²) in [5.74, 6) is 0.816. The number of carbonyl (C=O) groups excluding carboxylic acids is 1. The molecule has 0 spiro atoms. The lowest BCUT2D eigenvalue weighted by atomic mass is 10.0. The largest absolute Gasteiger partial charge is 0.492 e. The Hall–Kier alpha value is -1.85. The number of halogens is 1. The van der Waals surface area contributed by atoms with E-state index in [4.69, 9.17) is 4.74 Å². The molecule has 5 heteroatoms. The highest BCUT2D eigenvalue weighted by Gasteiger charge is 2.19. The van der Waals surface area contributed by atoms with Gasteiger partial charge in [-0.05, 0) is 70.1 Å². The molecule has 2 aromatic rings. The number of carbonyl (C=O) groups is 1. The Labute approximate surface area is 164 Å². The van der Waals surface area contributed by atoms with E-state index >= 15 is 0 Å². The standard InChI is InChI=1S/C21H27BrN2O2/c1-14-12-15(2)20(16(3)13-14)23-21(25)17(4)24(5)10-11-26-19-8-6-18(22)7-9-19/h6-9,12-13,17H,10-11H2,1-5H3,(H,23,25)/t17-/m0/s1. The molecule has 26 heavy (non-hydrogen) atoms. The summed E-state index contributed by atoms with van der Waals surface area (Å²) in [6, 6.07) is 11.7. The normalized spacial score (nSPS) is 12.1. The minimum Gasteiger partial charge on any atom is -0.492 e. The summed E-state index contributed by atoms with van der Waals surface area (Å²) >= 11 is 3.40. The van der Waals surface area contributed by atoms with Crippen molar-refractivity contribution in [2.45, 2.75) is 33.7 Å². The lowest BCUT2D eigenvalue weighted by Gasteiger charge is -2.24. The van der Waals surface area contributed by atoms with Gasteiger partial charge < -0.3 is 10.1 Å². The first kappa shape index (κ1) is 20.5. The van der Waals surface area contributed by atoms with Gasteiger partial charge in [-0.3, -0.25) is 9.69 Å². The Kier molecular flexibility index (Phi) is 7.23. The molecule has 2 aromatic carbocycles. The summed E-state index contributed by atoms with van der Waals surface area (Å²) in [7, 11) is 1.93. The van der Waals surface area contributed by atoms with E-state index in [-0.39, 0.29) is 11.9 Å². The molecule has 0 fully saturated rings. The summed E-state index contributed by atoms with van der Waals surface area (Å²) in [5.41, 5.74) is 4.29. The van der Waals surface area contributed by atoms with E-state index in [0.29, 0.717) is 13.2 Å². The molecular formula is C21H27BrN2O2. The van der Waals surface area contributed by atoms with Crippen molar-refractivity contribution in [3.8, 4) is 5.75 Å². The number of ether oxygens (including phenoxy) is 1. The average molecular weight is 419 g/mol. The van der Waals surface area contributed by atoms with Crippen LogP contribution in [-0.2, 0) is 4.79 Å². The molecule has 0 aliphatic carbocycles. The number of rotatable bonds is 7. The third kappa shape index (κ3) is 5.58. The molecule has 0 unspecified atom stereocenters. The zero-order valence-corrected chi connectivity index (χ0v) is 17.7. The van der Waals surface area contributed by atoms with Gasteiger partial charge in [-0.2, -0.15) is 0 Å². The highest BCUT2D eigenvalue weighted by molar-refractivity contribution is 9.10. The minimum atomic E-state index is -0.247. The fourth-order valence-corrected chi connectivity index (χ4v) is 3.10. The van der Waals surface area contributed by atoms with E-state index in [9.17, 15) is 4.79 Å². The van der Waals surface area contributed by atoms with Crippen LogP contribution in [0.3, 0.4) is 0 Å². The first-order chi connectivity index (χ1) is 12.3. The number of nitrogens with one attached hydrogen (secondary N) is 1. The van der Waals surface area contributed by atoms with Crippen LogP contribution in [0.4, 0.5) is 5.69 Å². The van der Waals surface area contributed by atoms with Gasteiger partial charge in [-0.1, -0.05) is 33.6 Å². The van der Waals surface area contributed by atoms with Gasteiger partial charge in [-0.15, -0.1) is 0 Å². The summed E-state index contributed by atoms with van der Waals surface area (Å²) < 4.78 is 6.76. The highest BCUT2D eigenvalue weighted by atomic mass is 79.9. The molecule has 1 amide bonds. The topological polar surface area (TPSA) is 41.6 Å². The second kappa shape index (κ2) is 9.19. The number of anilines is 1. The zero-order chi connectivity index (χ0) is 19.3. The van der Waals surface area contributed by atoms with Crippen LogP contribution in [0.1, 0.15) is 23.6 Å². The number of nitrogens with zero attached hydrogens (tertiary/aromatic N) is 1. The van der Waals surface area contributed by atoms with Crippen LogP contribution in [0.25, 0.3) is 0 Å². The third-order valence-corrected chi connectivity index (χ3v) is 5.02. The van der Waals surface area contributed by atoms with Crippen LogP contribution in [-0.4, -0.2) is 37.0 Å². The Morgan fingerprint density at radius 2 is 1.73 bits per heavy atom. The van der Waals surface area contributed by atoms with Gasteiger partial charge >= 0.3 is 0 Å². The molecular weight excluding hydrogens is 392 g/mol. The van der Waals surface area contributed by atoms with Crippen LogP contribution in [0, 0.1) is 20.8 Å². The Bertz CT molecular complexity index is 736. The molecule has 0 aliphatic heterocycles. The molecule has 0 aromatic heterocycles. The zero-order valence-electron chi connectivity index (χ0n) is 16.1. The third-order valence-electron chi connectivity index (χ3n) is 4.49. The van der Waals surface area contributed by atoms with Crippen LogP contribution in [0.15, 0.2) is 40.9 Å². The number of likely N-dealkylation sites (N-methyl/N-ethyl adjacent to an activating group) is 1. The SMILES string of the molecule is Cc1cc(C)c(NC(=O)[C@H](C)N(C)CCOc2ccc(Br)cc2)c(C)c1. The van der Waals surface area contributed by atoms with Gasteiger partial charge in [0.2, 0.25) is 5.91 Å². The maximum Gasteiger partial charge on any atom is 0.241 e. The molecule has 0 radical (unpaired) electrons. The molecule has 140 valence electrons. The van der Waals surface area contributed by atoms with Gasteiger partial charge in [0.15, 0.2) is 0 Å². The van der Waals surface area contributed by atoms with Gasteiger partial charge in [0.1, 0.15) is 12.4 Å². The first-order valence-corrected chi connectivity index (χ1v) is 9.54. The summed E-state index contributed by atoms with van der Waals surface area (Å²) in [4.78, 5) is 14.6. The summed E-state index contributed by atoms with van der Waals surface area (Å²) in [5, 5.41) is 3.07. The molecule has 4 nitrogen and oxygen atoms in total. The van der Waals surface area contributed by atoms with Crippen LogP contribution >= 0.6 is 15.9 Å². The highest BCUT2D eigenvalue weighted by Crippen LogP contribution is 2.22. The van der Waals surface area contributed by atoms with Gasteiger partial charge in [0.25, 0.3) is 0 Å². The first-order valence-electron chi connectivity index (χ1n) is 8.75. The van der Waals surface area contributed by atoms with E-state index in [1.807, 2.05) is 57.0 Å². The predicted molar refractivity (Wildman–Crippen MR) is 111 cm³/mol. The van der Waals surface area contributed by atoms with Crippen molar-refractivity contribution < 1.29 is 9.53 Å². The van der Waals surface area contributed by atoms with Crippen LogP contribution in [0.5, 0.6) is 5.75 Å². The van der Waals surface area contributed by atoms with Crippen molar-refractivity contribution in [2.75, 3.05) is 25.5 Å². The molecule has 2 rings (SSSR count). The molecule has 0 bridgehead atoms. The van der Waals surface area contributed by atoms with Crippen molar-refractivity contribution in [2.24, 2.45) is 0 Å². The molecule has 0 saturated carbocycles. The fourth-order valence-electron chi connectivity index (χ4n) is 2.84. The second-order valence-electron chi connectivity index (χ2n) is 6.72. The smallest absolute Gasteiger partial charge is 0.241 e. The summed E-state index contributed by atoms with van der Waals surface area (Å²) in [6.45, 7) is 9.21. The molecule has 0 aliphatic rings. The second-order valence-corrected chi connectivity index (χ2v) is 7.64. The quantitative estimate of drug-likeness (QED) is 0.707. The lowest BCUT2D eigenvalue weighted by molar-refractivity contribution is -0.120. The number of hydrogen-bond acceptors (Lipinski definition) is 3. The van der Waals surface area contributed by atoms with Gasteiger partial charge in [0.05, 0.1) is 6.04 Å². The van der Waals surface area contributed by atoms with Crippen molar-refractivity contribution in [3.05, 3.63) is 57.6 Å². The number of hydrogen-bond donors (Lipinski definition) is 1. The Balaban J connectivity index is 1.88. The lowest BCUT2D eigenvalue weighted by Crippen LogP contribution is -2.41. The van der Waals surface area contributed by atoms with E-state index in [0.717, 1.165) is 27.0 Å². The van der Waals surface area contributed by atoms with E-state index in [1.165, 1.54) is 5.56 Å². The van der Waals surface area contributed by atoms with Gasteiger partial charge in [-0.25, -0.2) is 0 Å². The predicted octanol–water partition coefficient (Wildman–Crippen LogP) is 4.71. The van der Waals surface area contributed by atoms with Crippen molar-refractivity contribution in [3.63, 3.8) is 0 Å². The van der Waals surface area contributed by atoms with Crippen molar-refractivity contribution in [1.29, 1.82) is 0 Å². The van der Waals surface area contributed by atoms with Crippen molar-refractivity contribution >= 4 is 27.5 Å². The molecule has 0 saturated heterocycles. The average Bonchev–Trinajstić information content (AvgIpc) is 2.58. The maximum absolute atomic E-state index is 12.6. The molecule has 1 N–H and O–H groups in total. The van der Waals surface area contributed by atoms with E-state index in [2.05, 4.69) is 40.3 Å². The van der Waals surface area contributed by atoms with Crippen molar-refractivity contribution in [1.82, 2.24) is 4.90 Å². The minimum absolute atomic E-state index is 0.00815. The molecule has 0 heterocycles. The number of aryl methyl sites for hydroxylation is 3. The number of amides is 1.